The number of para-hydroxylation sites is 1. The van der Waals surface area contributed by atoms with Crippen molar-refractivity contribution in [3.63, 3.8) is 0 Å². The first-order valence-corrected chi connectivity index (χ1v) is 15.2. The molecule has 42 heavy (non-hydrogen) atoms. The van der Waals surface area contributed by atoms with E-state index in [9.17, 15) is 24.0 Å². The molecule has 0 saturated carbocycles. The van der Waals surface area contributed by atoms with Crippen molar-refractivity contribution in [1.82, 2.24) is 19.7 Å². The number of aliphatic hydroxyl groups excluding tert-OH is 1. The van der Waals surface area contributed by atoms with Crippen LogP contribution < -0.4 is 15.3 Å². The molecular formula is C27H37FN5O8P. The van der Waals surface area contributed by atoms with Crippen molar-refractivity contribution in [3.8, 4) is 5.75 Å². The van der Waals surface area contributed by atoms with Crippen molar-refractivity contribution in [2.24, 2.45) is 5.92 Å². The normalized spacial score (nSPS) is 24.5. The van der Waals surface area contributed by atoms with E-state index in [-0.39, 0.29) is 29.8 Å². The van der Waals surface area contributed by atoms with Crippen LogP contribution in [0, 0.1) is 5.92 Å². The van der Waals surface area contributed by atoms with Gasteiger partial charge >= 0.3 is 13.7 Å². The Hall–Kier alpha value is -3.13. The molecular weight excluding hydrogens is 572 g/mol. The average molecular weight is 610 g/mol. The molecule has 3 aromatic rings. The summed E-state index contributed by atoms with van der Waals surface area (Å²) in [4.78, 5) is 16.6. The standard InChI is InChI=1S/C27H37FN5O8P/c1-4-19(5-2)13-38-24(34)18(3)32-42(37,41-20-9-7-6-8-10-20)40-15-26(14-28)25(35)27(36,16-39-26)22-12-11-21-23(29)30-17-31-33(21)22/h6-12,17-19,25,35-36H,4-5,13-16H2,1-3H3,(H,32,37)(H2,29,30,31)/t18-,25+,26+,27+,42-/m0/s1. The molecule has 0 bridgehead atoms. The van der Waals surface area contributed by atoms with Crippen LogP contribution in [0.3, 0.4) is 0 Å². The number of carbonyl (C=O) groups is 1. The molecule has 1 saturated heterocycles. The van der Waals surface area contributed by atoms with Gasteiger partial charge in [0.2, 0.25) is 0 Å². The number of nitrogens with one attached hydrogen (secondary N) is 1. The number of nitrogens with zero attached hydrogens (tertiary/aromatic N) is 3. The number of benzene rings is 1. The molecule has 3 heterocycles. The number of nitrogen functional groups attached to an aromatic ring is 1. The van der Waals surface area contributed by atoms with Gasteiger partial charge in [-0.2, -0.15) is 10.2 Å². The van der Waals surface area contributed by atoms with Crippen molar-refractivity contribution >= 4 is 25.1 Å². The minimum atomic E-state index is -4.43. The van der Waals surface area contributed by atoms with Crippen LogP contribution in [0.15, 0.2) is 48.8 Å². The van der Waals surface area contributed by atoms with Gasteiger partial charge in [-0.1, -0.05) is 44.9 Å². The number of rotatable bonds is 14. The minimum absolute atomic E-state index is 0.0742. The fourth-order valence-corrected chi connectivity index (χ4v) is 6.20. The van der Waals surface area contributed by atoms with Gasteiger partial charge in [-0.05, 0) is 37.1 Å². The molecule has 5 N–H and O–H groups in total. The maximum atomic E-state index is 14.6. The van der Waals surface area contributed by atoms with Crippen LogP contribution in [0.4, 0.5) is 10.2 Å². The number of carbonyl (C=O) groups excluding carboxylic acids is 1. The summed E-state index contributed by atoms with van der Waals surface area (Å²) in [7, 11) is -4.43. The molecule has 0 unspecified atom stereocenters. The van der Waals surface area contributed by atoms with Gasteiger partial charge in [-0.15, -0.1) is 0 Å². The van der Waals surface area contributed by atoms with E-state index in [0.29, 0.717) is 5.52 Å². The SMILES string of the molecule is CCC(CC)COC(=O)[C@H](C)N[P@](=O)(OC[C@@]1(CF)OC[C@@](O)(c2ccc3c(N)ncnn23)[C@@H]1O)Oc1ccccc1. The predicted octanol–water partition coefficient (Wildman–Crippen LogP) is 2.76. The highest BCUT2D eigenvalue weighted by atomic mass is 31.2. The topological polar surface area (TPSA) is 180 Å². The second-order valence-corrected chi connectivity index (χ2v) is 12.0. The number of hydrogen-bond acceptors (Lipinski definition) is 11. The third-order valence-electron chi connectivity index (χ3n) is 7.45. The van der Waals surface area contributed by atoms with Crippen molar-refractivity contribution in [1.29, 1.82) is 0 Å². The second-order valence-electron chi connectivity index (χ2n) is 10.3. The summed E-state index contributed by atoms with van der Waals surface area (Å²) in [6, 6.07) is 9.89. The average Bonchev–Trinajstić information content (AvgIpc) is 3.54. The Morgan fingerprint density at radius 1 is 1.29 bits per heavy atom. The molecule has 15 heteroatoms. The monoisotopic (exact) mass is 609 g/mol. The lowest BCUT2D eigenvalue weighted by Crippen LogP contribution is -2.53. The van der Waals surface area contributed by atoms with Gasteiger partial charge in [0.15, 0.2) is 11.4 Å². The third-order valence-corrected chi connectivity index (χ3v) is 9.07. The van der Waals surface area contributed by atoms with E-state index in [0.717, 1.165) is 12.8 Å². The lowest BCUT2D eigenvalue weighted by molar-refractivity contribution is -0.146. The first-order chi connectivity index (χ1) is 20.0. The molecule has 1 aromatic carbocycles. The summed E-state index contributed by atoms with van der Waals surface area (Å²) in [5.41, 5.74) is 2.01. The molecule has 0 radical (unpaired) electrons. The van der Waals surface area contributed by atoms with Gasteiger partial charge in [0.1, 0.15) is 42.0 Å². The number of alkyl halides is 1. The third kappa shape index (κ3) is 6.43. The molecule has 2 aromatic heterocycles. The van der Waals surface area contributed by atoms with Gasteiger partial charge in [0, 0.05) is 0 Å². The van der Waals surface area contributed by atoms with E-state index in [4.69, 9.17) is 24.3 Å². The van der Waals surface area contributed by atoms with Gasteiger partial charge in [-0.3, -0.25) is 9.32 Å². The summed E-state index contributed by atoms with van der Waals surface area (Å²) in [5.74, 6) is -0.238. The maximum absolute atomic E-state index is 14.6. The Bertz CT molecular complexity index is 1410. The quantitative estimate of drug-likeness (QED) is 0.155. The zero-order valence-electron chi connectivity index (χ0n) is 23.7. The number of anilines is 1. The van der Waals surface area contributed by atoms with E-state index in [1.807, 2.05) is 13.8 Å². The van der Waals surface area contributed by atoms with Gasteiger partial charge in [0.25, 0.3) is 0 Å². The summed E-state index contributed by atoms with van der Waals surface area (Å²) in [5, 5.41) is 29.4. The molecule has 0 amide bonds. The van der Waals surface area contributed by atoms with E-state index < -0.39 is 57.0 Å². The predicted molar refractivity (Wildman–Crippen MR) is 150 cm³/mol. The van der Waals surface area contributed by atoms with Gasteiger partial charge in [0.05, 0.1) is 25.5 Å². The largest absolute Gasteiger partial charge is 0.464 e. The molecule has 230 valence electrons. The van der Waals surface area contributed by atoms with Crippen LogP contribution in [0.5, 0.6) is 5.75 Å². The van der Waals surface area contributed by atoms with Crippen LogP contribution in [-0.4, -0.2) is 75.0 Å². The fraction of sp³-hybridized carbons (Fsp3) is 0.519. The minimum Gasteiger partial charge on any atom is -0.464 e. The highest BCUT2D eigenvalue weighted by Gasteiger charge is 2.60. The van der Waals surface area contributed by atoms with Crippen molar-refractivity contribution < 1.29 is 42.5 Å². The van der Waals surface area contributed by atoms with Crippen molar-refractivity contribution in [3.05, 3.63) is 54.5 Å². The smallest absolute Gasteiger partial charge is 0.459 e. The zero-order chi connectivity index (χ0) is 30.5. The second kappa shape index (κ2) is 13.0. The first kappa shape index (κ1) is 31.8. The number of halogens is 1. The molecule has 13 nitrogen and oxygen atoms in total. The summed E-state index contributed by atoms with van der Waals surface area (Å²) in [6.45, 7) is 2.90. The zero-order valence-corrected chi connectivity index (χ0v) is 24.6. The highest BCUT2D eigenvalue weighted by Crippen LogP contribution is 2.48. The van der Waals surface area contributed by atoms with Gasteiger partial charge < -0.3 is 29.9 Å². The summed E-state index contributed by atoms with van der Waals surface area (Å²) < 4.78 is 52.1. The lowest BCUT2D eigenvalue weighted by Gasteiger charge is -2.33. The number of ether oxygens (including phenoxy) is 2. The van der Waals surface area contributed by atoms with E-state index in [2.05, 4.69) is 15.2 Å². The first-order valence-electron chi connectivity index (χ1n) is 13.6. The number of esters is 1. The van der Waals surface area contributed by atoms with Crippen LogP contribution in [0.25, 0.3) is 5.52 Å². The highest BCUT2D eigenvalue weighted by molar-refractivity contribution is 7.52. The van der Waals surface area contributed by atoms with Crippen LogP contribution >= 0.6 is 7.75 Å². The summed E-state index contributed by atoms with van der Waals surface area (Å²) in [6.07, 6.45) is 0.910. The van der Waals surface area contributed by atoms with Crippen LogP contribution in [-0.2, 0) is 29.0 Å². The Morgan fingerprint density at radius 3 is 2.67 bits per heavy atom. The summed E-state index contributed by atoms with van der Waals surface area (Å²) >= 11 is 0. The number of nitrogens with two attached hydrogens (primary N) is 1. The molecule has 1 fully saturated rings. The molecule has 4 rings (SSSR count). The van der Waals surface area contributed by atoms with Crippen LogP contribution in [0.1, 0.15) is 39.3 Å². The van der Waals surface area contributed by atoms with Crippen molar-refractivity contribution in [2.45, 2.75) is 57.0 Å². The molecule has 1 aliphatic rings. The molecule has 5 atom stereocenters. The molecule has 0 aliphatic carbocycles. The number of aromatic nitrogens is 3. The van der Waals surface area contributed by atoms with Crippen LogP contribution in [0.2, 0.25) is 0 Å². The molecule has 0 spiro atoms. The number of fused-ring (bicyclic) bond motifs is 1. The van der Waals surface area contributed by atoms with Crippen molar-refractivity contribution in [2.75, 3.05) is 32.2 Å². The number of hydrogen-bond donors (Lipinski definition) is 4. The Balaban J connectivity index is 1.55. The Morgan fingerprint density at radius 2 is 2.00 bits per heavy atom. The van der Waals surface area contributed by atoms with Gasteiger partial charge in [-0.25, -0.2) is 18.5 Å². The number of aliphatic hydroxyl groups is 2. The lowest BCUT2D eigenvalue weighted by atomic mass is 9.86. The Kier molecular flexibility index (Phi) is 9.86. The van der Waals surface area contributed by atoms with E-state index >= 15 is 0 Å². The maximum Gasteiger partial charge on any atom is 0.459 e. The van der Waals surface area contributed by atoms with E-state index in [1.54, 1.807) is 18.2 Å². The Labute approximate surface area is 242 Å². The fourth-order valence-electron chi connectivity index (χ4n) is 4.66. The van der Waals surface area contributed by atoms with E-state index in [1.165, 1.54) is 42.0 Å². The molecule has 1 aliphatic heterocycles.